The molecule has 1 aliphatic heterocycles. The number of aromatic amines is 1. The SMILES string of the molecule is CCCN1CCOC(c2nc(=S)c3c([nH]2)CCC3)C1. The van der Waals surface area contributed by atoms with Crippen molar-refractivity contribution < 1.29 is 4.74 Å². The van der Waals surface area contributed by atoms with Gasteiger partial charge in [0.05, 0.1) is 6.61 Å². The number of morpholine rings is 1. The summed E-state index contributed by atoms with van der Waals surface area (Å²) in [6.45, 7) is 6.07. The van der Waals surface area contributed by atoms with Gasteiger partial charge < -0.3 is 9.72 Å². The molecular formula is C14H21N3OS. The fourth-order valence-electron chi connectivity index (χ4n) is 3.02. The summed E-state index contributed by atoms with van der Waals surface area (Å²) >= 11 is 5.42. The third kappa shape index (κ3) is 2.73. The molecule has 1 N–H and O–H groups in total. The maximum Gasteiger partial charge on any atom is 0.138 e. The molecular weight excluding hydrogens is 258 g/mol. The third-order valence-corrected chi connectivity index (χ3v) is 4.31. The largest absolute Gasteiger partial charge is 0.368 e. The van der Waals surface area contributed by atoms with Crippen LogP contribution in [-0.4, -0.2) is 41.1 Å². The predicted molar refractivity (Wildman–Crippen MR) is 76.9 cm³/mol. The molecule has 2 heterocycles. The number of nitrogens with zero attached hydrogens (tertiary/aromatic N) is 2. The second-order valence-corrected chi connectivity index (χ2v) is 5.78. The Kier molecular flexibility index (Phi) is 3.96. The van der Waals surface area contributed by atoms with Gasteiger partial charge in [0.2, 0.25) is 0 Å². The molecule has 0 saturated carbocycles. The zero-order valence-corrected chi connectivity index (χ0v) is 12.3. The van der Waals surface area contributed by atoms with E-state index in [2.05, 4.69) is 21.8 Å². The van der Waals surface area contributed by atoms with Crippen molar-refractivity contribution in [3.05, 3.63) is 21.7 Å². The Morgan fingerprint density at radius 3 is 3.21 bits per heavy atom. The van der Waals surface area contributed by atoms with Crippen LogP contribution in [0.5, 0.6) is 0 Å². The van der Waals surface area contributed by atoms with E-state index < -0.39 is 0 Å². The number of aryl methyl sites for hydroxylation is 1. The van der Waals surface area contributed by atoms with E-state index >= 15 is 0 Å². The number of aromatic nitrogens is 2. The number of fused-ring (bicyclic) bond motifs is 1. The van der Waals surface area contributed by atoms with Crippen molar-refractivity contribution in [2.75, 3.05) is 26.2 Å². The minimum Gasteiger partial charge on any atom is -0.368 e. The van der Waals surface area contributed by atoms with Crippen molar-refractivity contribution in [1.82, 2.24) is 14.9 Å². The molecule has 0 bridgehead atoms. The molecule has 104 valence electrons. The first kappa shape index (κ1) is 13.2. The minimum atomic E-state index is 0.0490. The van der Waals surface area contributed by atoms with E-state index in [0.29, 0.717) is 0 Å². The molecule has 1 atom stereocenters. The van der Waals surface area contributed by atoms with Crippen LogP contribution < -0.4 is 0 Å². The number of hydrogen-bond acceptors (Lipinski definition) is 4. The Morgan fingerprint density at radius 2 is 2.37 bits per heavy atom. The molecule has 1 saturated heterocycles. The lowest BCUT2D eigenvalue weighted by molar-refractivity contribution is -0.0343. The van der Waals surface area contributed by atoms with Crippen LogP contribution in [0.3, 0.4) is 0 Å². The first-order valence-corrected chi connectivity index (χ1v) is 7.64. The fraction of sp³-hybridized carbons (Fsp3) is 0.714. The van der Waals surface area contributed by atoms with Crippen LogP contribution in [0, 0.1) is 4.64 Å². The molecule has 1 fully saturated rings. The van der Waals surface area contributed by atoms with Crippen LogP contribution in [0.25, 0.3) is 0 Å². The van der Waals surface area contributed by atoms with Gasteiger partial charge in [-0.3, -0.25) is 4.90 Å². The first-order chi connectivity index (χ1) is 9.28. The number of rotatable bonds is 3. The summed E-state index contributed by atoms with van der Waals surface area (Å²) in [5.41, 5.74) is 2.53. The van der Waals surface area contributed by atoms with Crippen molar-refractivity contribution in [2.24, 2.45) is 0 Å². The van der Waals surface area contributed by atoms with Gasteiger partial charge >= 0.3 is 0 Å². The van der Waals surface area contributed by atoms with Gasteiger partial charge in [-0.25, -0.2) is 4.98 Å². The normalized spacial score (nSPS) is 23.5. The van der Waals surface area contributed by atoms with Crippen LogP contribution in [0.2, 0.25) is 0 Å². The molecule has 1 aromatic rings. The van der Waals surface area contributed by atoms with E-state index in [1.165, 1.54) is 24.1 Å². The Bertz CT molecular complexity index is 512. The van der Waals surface area contributed by atoms with Gasteiger partial charge in [0, 0.05) is 24.3 Å². The lowest BCUT2D eigenvalue weighted by Crippen LogP contribution is -2.39. The van der Waals surface area contributed by atoms with E-state index in [4.69, 9.17) is 17.0 Å². The maximum atomic E-state index is 5.87. The zero-order chi connectivity index (χ0) is 13.2. The number of nitrogens with one attached hydrogen (secondary N) is 1. The van der Waals surface area contributed by atoms with Crippen LogP contribution in [-0.2, 0) is 17.6 Å². The zero-order valence-electron chi connectivity index (χ0n) is 11.4. The summed E-state index contributed by atoms with van der Waals surface area (Å²) in [7, 11) is 0. The highest BCUT2D eigenvalue weighted by Gasteiger charge is 2.25. The quantitative estimate of drug-likeness (QED) is 0.863. The Balaban J connectivity index is 1.82. The number of ether oxygens (including phenoxy) is 1. The Hall–Kier alpha value is -0.780. The van der Waals surface area contributed by atoms with Crippen molar-refractivity contribution in [3.8, 4) is 0 Å². The second kappa shape index (κ2) is 5.69. The summed E-state index contributed by atoms with van der Waals surface area (Å²) in [5, 5.41) is 0. The fourth-order valence-corrected chi connectivity index (χ4v) is 3.34. The predicted octanol–water partition coefficient (Wildman–Crippen LogP) is 2.41. The van der Waals surface area contributed by atoms with E-state index in [0.717, 1.165) is 49.5 Å². The monoisotopic (exact) mass is 279 g/mol. The molecule has 0 aromatic carbocycles. The van der Waals surface area contributed by atoms with Gasteiger partial charge in [-0.15, -0.1) is 0 Å². The minimum absolute atomic E-state index is 0.0490. The number of hydrogen-bond donors (Lipinski definition) is 1. The second-order valence-electron chi connectivity index (χ2n) is 5.40. The van der Waals surface area contributed by atoms with Gasteiger partial charge in [0.25, 0.3) is 0 Å². The lowest BCUT2D eigenvalue weighted by Gasteiger charge is -2.32. The lowest BCUT2D eigenvalue weighted by atomic mass is 10.2. The molecule has 0 spiro atoms. The van der Waals surface area contributed by atoms with Gasteiger partial charge in [0.15, 0.2) is 0 Å². The standard InChI is InChI=1S/C14H21N3OS/c1-2-6-17-7-8-18-12(9-17)13-15-11-5-3-4-10(11)14(19)16-13/h12H,2-9H2,1H3,(H,15,16,19). The first-order valence-electron chi connectivity index (χ1n) is 7.24. The molecule has 0 radical (unpaired) electrons. The average molecular weight is 279 g/mol. The summed E-state index contributed by atoms with van der Waals surface area (Å²) < 4.78 is 6.65. The van der Waals surface area contributed by atoms with Crippen LogP contribution in [0.1, 0.15) is 43.0 Å². The molecule has 5 heteroatoms. The van der Waals surface area contributed by atoms with Crippen LogP contribution in [0.4, 0.5) is 0 Å². The topological polar surface area (TPSA) is 41.1 Å². The van der Waals surface area contributed by atoms with Gasteiger partial charge in [0.1, 0.15) is 16.6 Å². The van der Waals surface area contributed by atoms with E-state index in [1.807, 2.05) is 0 Å². The molecule has 1 aromatic heterocycles. The molecule has 19 heavy (non-hydrogen) atoms. The summed E-state index contributed by atoms with van der Waals surface area (Å²) in [4.78, 5) is 10.5. The van der Waals surface area contributed by atoms with Crippen molar-refractivity contribution >= 4 is 12.2 Å². The summed E-state index contributed by atoms with van der Waals surface area (Å²) in [5.74, 6) is 0.923. The summed E-state index contributed by atoms with van der Waals surface area (Å²) in [6.07, 6.45) is 4.59. The van der Waals surface area contributed by atoms with Gasteiger partial charge in [-0.05, 0) is 32.2 Å². The molecule has 2 aliphatic rings. The van der Waals surface area contributed by atoms with Crippen LogP contribution in [0.15, 0.2) is 0 Å². The van der Waals surface area contributed by atoms with E-state index in [-0.39, 0.29) is 6.10 Å². The third-order valence-electron chi connectivity index (χ3n) is 3.97. The van der Waals surface area contributed by atoms with Crippen molar-refractivity contribution in [3.63, 3.8) is 0 Å². The molecule has 3 rings (SSSR count). The van der Waals surface area contributed by atoms with Gasteiger partial charge in [-0.1, -0.05) is 19.1 Å². The number of H-pyrrole nitrogens is 1. The Labute approximate surface area is 119 Å². The van der Waals surface area contributed by atoms with Crippen molar-refractivity contribution in [1.29, 1.82) is 0 Å². The smallest absolute Gasteiger partial charge is 0.138 e. The van der Waals surface area contributed by atoms with Gasteiger partial charge in [-0.2, -0.15) is 0 Å². The highest BCUT2D eigenvalue weighted by molar-refractivity contribution is 7.71. The highest BCUT2D eigenvalue weighted by Crippen LogP contribution is 2.25. The molecule has 1 unspecified atom stereocenters. The van der Waals surface area contributed by atoms with E-state index in [1.54, 1.807) is 0 Å². The molecule has 1 aliphatic carbocycles. The molecule has 4 nitrogen and oxygen atoms in total. The maximum absolute atomic E-state index is 5.87. The van der Waals surface area contributed by atoms with Crippen molar-refractivity contribution in [2.45, 2.75) is 38.7 Å². The molecule has 0 amide bonds. The summed E-state index contributed by atoms with van der Waals surface area (Å²) in [6, 6.07) is 0. The van der Waals surface area contributed by atoms with Crippen LogP contribution >= 0.6 is 12.2 Å². The highest BCUT2D eigenvalue weighted by atomic mass is 32.1. The average Bonchev–Trinajstić information content (AvgIpc) is 2.88. The Morgan fingerprint density at radius 1 is 1.47 bits per heavy atom. The van der Waals surface area contributed by atoms with E-state index in [9.17, 15) is 0 Å².